The lowest BCUT2D eigenvalue weighted by Crippen LogP contribution is -2.33. The third kappa shape index (κ3) is 3.71. The van der Waals surface area contributed by atoms with E-state index in [1.807, 2.05) is 19.0 Å². The van der Waals surface area contributed by atoms with Gasteiger partial charge < -0.3 is 15.3 Å². The summed E-state index contributed by atoms with van der Waals surface area (Å²) in [7, 11) is 3.77. The van der Waals surface area contributed by atoms with Crippen LogP contribution in [0, 0.1) is 11.8 Å². The molecule has 6 nitrogen and oxygen atoms in total. The lowest BCUT2D eigenvalue weighted by molar-refractivity contribution is -0.142. The normalized spacial score (nSPS) is 21.0. The topological polar surface area (TPSA) is 82.5 Å². The average Bonchev–Trinajstić information content (AvgIpc) is 2.93. The van der Waals surface area contributed by atoms with Gasteiger partial charge in [-0.3, -0.25) is 9.59 Å². The molecule has 2 atom stereocenters. The van der Waals surface area contributed by atoms with Gasteiger partial charge in [0.2, 0.25) is 0 Å². The number of rotatable bonds is 5. The van der Waals surface area contributed by atoms with E-state index in [1.54, 1.807) is 12.1 Å². The molecular formula is C15H21N3O3. The zero-order chi connectivity index (χ0) is 15.4. The van der Waals surface area contributed by atoms with Gasteiger partial charge in [0.25, 0.3) is 5.91 Å². The summed E-state index contributed by atoms with van der Waals surface area (Å²) in [6.45, 7) is 0.408. The summed E-state index contributed by atoms with van der Waals surface area (Å²) in [5, 5.41) is 11.9. The molecule has 2 N–H and O–H groups in total. The molecule has 1 aliphatic carbocycles. The number of hydrogen-bond acceptors (Lipinski definition) is 4. The molecule has 1 heterocycles. The van der Waals surface area contributed by atoms with Crippen molar-refractivity contribution in [3.8, 4) is 0 Å². The second kappa shape index (κ2) is 6.56. The van der Waals surface area contributed by atoms with Crippen molar-refractivity contribution in [1.29, 1.82) is 0 Å². The maximum atomic E-state index is 12.0. The van der Waals surface area contributed by atoms with Crippen LogP contribution in [0.3, 0.4) is 0 Å². The number of anilines is 1. The SMILES string of the molecule is CN(C)c1ccc(C(=O)NCC2CCCC2C(=O)O)cn1. The lowest BCUT2D eigenvalue weighted by Gasteiger charge is -2.16. The highest BCUT2D eigenvalue weighted by Gasteiger charge is 2.32. The Bertz CT molecular complexity index is 513. The fourth-order valence-corrected chi connectivity index (χ4v) is 2.72. The average molecular weight is 291 g/mol. The van der Waals surface area contributed by atoms with Crippen LogP contribution < -0.4 is 10.2 Å². The zero-order valence-electron chi connectivity index (χ0n) is 12.4. The van der Waals surface area contributed by atoms with Gasteiger partial charge in [-0.25, -0.2) is 4.98 Å². The molecule has 6 heteroatoms. The molecule has 0 spiro atoms. The number of aliphatic carboxylic acids is 1. The number of carbonyl (C=O) groups excluding carboxylic acids is 1. The van der Waals surface area contributed by atoms with Gasteiger partial charge >= 0.3 is 5.97 Å². The van der Waals surface area contributed by atoms with Gasteiger partial charge in [0.15, 0.2) is 0 Å². The van der Waals surface area contributed by atoms with Crippen LogP contribution in [0.5, 0.6) is 0 Å². The Morgan fingerprint density at radius 1 is 1.38 bits per heavy atom. The van der Waals surface area contributed by atoms with Gasteiger partial charge in [-0.1, -0.05) is 6.42 Å². The Morgan fingerprint density at radius 2 is 2.14 bits per heavy atom. The number of amides is 1. The summed E-state index contributed by atoms with van der Waals surface area (Å²) in [5.41, 5.74) is 0.491. The highest BCUT2D eigenvalue weighted by Crippen LogP contribution is 2.31. The van der Waals surface area contributed by atoms with Crippen molar-refractivity contribution in [2.75, 3.05) is 25.5 Å². The van der Waals surface area contributed by atoms with Crippen LogP contribution in [0.4, 0.5) is 5.82 Å². The highest BCUT2D eigenvalue weighted by molar-refractivity contribution is 5.94. The number of carboxylic acid groups (broad SMARTS) is 1. The van der Waals surface area contributed by atoms with E-state index in [0.717, 1.165) is 18.7 Å². The predicted molar refractivity (Wildman–Crippen MR) is 79.4 cm³/mol. The molecular weight excluding hydrogens is 270 g/mol. The smallest absolute Gasteiger partial charge is 0.306 e. The minimum Gasteiger partial charge on any atom is -0.481 e. The molecule has 0 radical (unpaired) electrons. The molecule has 1 aromatic rings. The Balaban J connectivity index is 1.91. The van der Waals surface area contributed by atoms with E-state index in [0.29, 0.717) is 18.5 Å². The summed E-state index contributed by atoms with van der Waals surface area (Å²) >= 11 is 0. The first kappa shape index (κ1) is 15.3. The van der Waals surface area contributed by atoms with Crippen molar-refractivity contribution < 1.29 is 14.7 Å². The van der Waals surface area contributed by atoms with Crippen LogP contribution in [0.1, 0.15) is 29.6 Å². The molecule has 1 saturated carbocycles. The monoisotopic (exact) mass is 291 g/mol. The van der Waals surface area contributed by atoms with Crippen LogP contribution >= 0.6 is 0 Å². The molecule has 1 aliphatic rings. The van der Waals surface area contributed by atoms with Gasteiger partial charge in [-0.05, 0) is 30.9 Å². The Morgan fingerprint density at radius 3 is 2.71 bits per heavy atom. The van der Waals surface area contributed by atoms with Crippen LogP contribution in [0.25, 0.3) is 0 Å². The quantitative estimate of drug-likeness (QED) is 0.856. The predicted octanol–water partition coefficient (Wildman–Crippen LogP) is 1.38. The maximum Gasteiger partial charge on any atom is 0.306 e. The van der Waals surface area contributed by atoms with Crippen molar-refractivity contribution >= 4 is 17.7 Å². The Labute approximate surface area is 124 Å². The minimum absolute atomic E-state index is 0.0282. The summed E-state index contributed by atoms with van der Waals surface area (Å²) in [4.78, 5) is 29.2. The summed E-state index contributed by atoms with van der Waals surface area (Å²) < 4.78 is 0. The number of nitrogens with one attached hydrogen (secondary N) is 1. The summed E-state index contributed by atoms with van der Waals surface area (Å²) in [6.07, 6.45) is 4.01. The molecule has 0 aromatic carbocycles. The first-order valence-electron chi connectivity index (χ1n) is 7.13. The van der Waals surface area contributed by atoms with E-state index >= 15 is 0 Å². The molecule has 0 saturated heterocycles. The Hall–Kier alpha value is -2.11. The largest absolute Gasteiger partial charge is 0.481 e. The molecule has 0 bridgehead atoms. The van der Waals surface area contributed by atoms with Gasteiger partial charge in [-0.2, -0.15) is 0 Å². The van der Waals surface area contributed by atoms with E-state index in [4.69, 9.17) is 5.11 Å². The van der Waals surface area contributed by atoms with Crippen molar-refractivity contribution in [3.63, 3.8) is 0 Å². The molecule has 2 rings (SSSR count). The summed E-state index contributed by atoms with van der Waals surface area (Å²) in [5.74, 6) is -0.485. The molecule has 21 heavy (non-hydrogen) atoms. The number of pyridine rings is 1. The van der Waals surface area contributed by atoms with Crippen molar-refractivity contribution in [3.05, 3.63) is 23.9 Å². The number of carbonyl (C=O) groups is 2. The van der Waals surface area contributed by atoms with Gasteiger partial charge in [0, 0.05) is 26.8 Å². The fourth-order valence-electron chi connectivity index (χ4n) is 2.72. The van der Waals surface area contributed by atoms with Gasteiger partial charge in [0.05, 0.1) is 11.5 Å². The molecule has 1 amide bonds. The molecule has 114 valence electrons. The first-order chi connectivity index (χ1) is 9.99. The molecule has 1 aromatic heterocycles. The fraction of sp³-hybridized carbons (Fsp3) is 0.533. The maximum absolute atomic E-state index is 12.0. The number of aromatic nitrogens is 1. The standard InChI is InChI=1S/C15H21N3O3/c1-18(2)13-7-6-11(9-16-13)14(19)17-8-10-4-3-5-12(10)15(20)21/h6-7,9-10,12H,3-5,8H2,1-2H3,(H,17,19)(H,20,21). The Kier molecular flexibility index (Phi) is 4.77. The van der Waals surface area contributed by atoms with E-state index < -0.39 is 5.97 Å². The van der Waals surface area contributed by atoms with E-state index in [9.17, 15) is 9.59 Å². The van der Waals surface area contributed by atoms with Gasteiger partial charge in [-0.15, -0.1) is 0 Å². The molecule has 1 fully saturated rings. The van der Waals surface area contributed by atoms with Gasteiger partial charge in [0.1, 0.15) is 5.82 Å². The third-order valence-corrected chi connectivity index (χ3v) is 3.97. The number of carboxylic acids is 1. The first-order valence-corrected chi connectivity index (χ1v) is 7.13. The lowest BCUT2D eigenvalue weighted by atomic mass is 9.96. The van der Waals surface area contributed by atoms with Crippen molar-refractivity contribution in [2.24, 2.45) is 11.8 Å². The van der Waals surface area contributed by atoms with Crippen LogP contribution in [0.2, 0.25) is 0 Å². The highest BCUT2D eigenvalue weighted by atomic mass is 16.4. The zero-order valence-corrected chi connectivity index (χ0v) is 12.4. The summed E-state index contributed by atoms with van der Waals surface area (Å²) in [6, 6.07) is 3.51. The van der Waals surface area contributed by atoms with Crippen molar-refractivity contribution in [1.82, 2.24) is 10.3 Å². The second-order valence-corrected chi connectivity index (χ2v) is 5.65. The number of nitrogens with zero attached hydrogens (tertiary/aromatic N) is 2. The van der Waals surface area contributed by atoms with E-state index in [1.165, 1.54) is 6.20 Å². The van der Waals surface area contributed by atoms with Crippen molar-refractivity contribution in [2.45, 2.75) is 19.3 Å². The molecule has 0 aliphatic heterocycles. The van der Waals surface area contributed by atoms with Crippen LogP contribution in [0.15, 0.2) is 18.3 Å². The third-order valence-electron chi connectivity index (χ3n) is 3.97. The van der Waals surface area contributed by atoms with E-state index in [2.05, 4.69) is 10.3 Å². The van der Waals surface area contributed by atoms with Crippen LogP contribution in [-0.4, -0.2) is 42.6 Å². The minimum atomic E-state index is -0.760. The van der Waals surface area contributed by atoms with Crippen LogP contribution in [-0.2, 0) is 4.79 Å². The van der Waals surface area contributed by atoms with E-state index in [-0.39, 0.29) is 17.7 Å². The second-order valence-electron chi connectivity index (χ2n) is 5.65. The molecule has 2 unspecified atom stereocenters. The number of hydrogen-bond donors (Lipinski definition) is 2.